The number of hydrogen-bond donors (Lipinski definition) is 3. The highest BCUT2D eigenvalue weighted by Crippen LogP contribution is 2.36. The molecule has 6 heteroatoms. The van der Waals surface area contributed by atoms with Crippen LogP contribution in [0.2, 0.25) is 0 Å². The zero-order valence-electron chi connectivity index (χ0n) is 12.3. The average Bonchev–Trinajstić information content (AvgIpc) is 3.01. The monoisotopic (exact) mass is 296 g/mol. The van der Waals surface area contributed by atoms with Crippen LogP contribution in [0.5, 0.6) is 0 Å². The minimum atomic E-state index is -0.0994. The molecule has 1 amide bonds. The molecule has 1 aromatic heterocycles. The molecule has 1 saturated carbocycles. The number of amides is 1. The third kappa shape index (κ3) is 3.62. The van der Waals surface area contributed by atoms with Crippen LogP contribution in [0, 0.1) is 5.41 Å². The van der Waals surface area contributed by atoms with Crippen LogP contribution in [-0.4, -0.2) is 24.0 Å². The lowest BCUT2D eigenvalue weighted by Gasteiger charge is -2.23. The van der Waals surface area contributed by atoms with Crippen molar-refractivity contribution in [2.24, 2.45) is 5.41 Å². The van der Waals surface area contributed by atoms with Crippen molar-refractivity contribution in [2.45, 2.75) is 46.0 Å². The summed E-state index contributed by atoms with van der Waals surface area (Å²) in [5.74, 6) is 0.223. The topological polar surface area (TPSA) is 80.0 Å². The van der Waals surface area contributed by atoms with Crippen LogP contribution >= 0.6 is 11.3 Å². The molecule has 1 aromatic rings. The van der Waals surface area contributed by atoms with E-state index in [2.05, 4.69) is 29.5 Å². The second-order valence-electron chi connectivity index (χ2n) is 5.86. The van der Waals surface area contributed by atoms with E-state index in [4.69, 9.17) is 5.73 Å². The molecule has 0 unspecified atom stereocenters. The highest BCUT2D eigenvalue weighted by molar-refractivity contribution is 7.18. The Morgan fingerprint density at radius 1 is 1.45 bits per heavy atom. The summed E-state index contributed by atoms with van der Waals surface area (Å²) in [5.41, 5.74) is 6.08. The molecular formula is C14H24N4OS. The zero-order chi connectivity index (χ0) is 14.6. The third-order valence-corrected chi connectivity index (χ3v) is 4.90. The van der Waals surface area contributed by atoms with Gasteiger partial charge in [-0.05, 0) is 24.7 Å². The van der Waals surface area contributed by atoms with Gasteiger partial charge in [-0.25, -0.2) is 4.98 Å². The van der Waals surface area contributed by atoms with Crippen molar-refractivity contribution in [3.05, 3.63) is 4.88 Å². The first-order valence-electron chi connectivity index (χ1n) is 7.32. The summed E-state index contributed by atoms with van der Waals surface area (Å²) >= 11 is 1.33. The fourth-order valence-corrected chi connectivity index (χ4v) is 3.41. The molecular weight excluding hydrogens is 272 g/mol. The Morgan fingerprint density at radius 3 is 2.80 bits per heavy atom. The van der Waals surface area contributed by atoms with Crippen molar-refractivity contribution < 1.29 is 4.79 Å². The molecule has 1 aliphatic rings. The van der Waals surface area contributed by atoms with Gasteiger partial charge in [0.15, 0.2) is 5.13 Å². The standard InChI is InChI=1S/C14H24N4OS/c1-3-8-16-13-18-11(15)10(20-13)12(19)17-9-14(2)6-4-5-7-14/h3-9,15H2,1-2H3,(H,16,18)(H,17,19). The van der Waals surface area contributed by atoms with Crippen LogP contribution in [0.4, 0.5) is 10.9 Å². The lowest BCUT2D eigenvalue weighted by molar-refractivity contribution is 0.0939. The number of hydrogen-bond acceptors (Lipinski definition) is 5. The maximum atomic E-state index is 12.2. The fourth-order valence-electron chi connectivity index (χ4n) is 2.58. The predicted molar refractivity (Wildman–Crippen MR) is 84.2 cm³/mol. The van der Waals surface area contributed by atoms with Crippen LogP contribution in [0.15, 0.2) is 0 Å². The van der Waals surface area contributed by atoms with Gasteiger partial charge in [-0.1, -0.05) is 38.0 Å². The van der Waals surface area contributed by atoms with E-state index in [1.54, 1.807) is 0 Å². The number of carbonyl (C=O) groups excluding carboxylic acids is 1. The predicted octanol–water partition coefficient (Wildman–Crippen LogP) is 2.86. The van der Waals surface area contributed by atoms with E-state index in [9.17, 15) is 4.79 Å². The second kappa shape index (κ2) is 6.43. The van der Waals surface area contributed by atoms with Crippen molar-refractivity contribution in [1.29, 1.82) is 0 Å². The summed E-state index contributed by atoms with van der Waals surface area (Å²) in [6.07, 6.45) is 5.92. The van der Waals surface area contributed by atoms with Gasteiger partial charge in [0, 0.05) is 13.1 Å². The Labute approximate surface area is 124 Å². The van der Waals surface area contributed by atoms with E-state index < -0.39 is 0 Å². The first-order chi connectivity index (χ1) is 9.54. The largest absolute Gasteiger partial charge is 0.382 e. The number of nitrogen functional groups attached to an aromatic ring is 1. The Balaban J connectivity index is 1.93. The van der Waals surface area contributed by atoms with Gasteiger partial charge in [-0.3, -0.25) is 4.79 Å². The molecule has 4 N–H and O–H groups in total. The van der Waals surface area contributed by atoms with Gasteiger partial charge in [0.1, 0.15) is 10.7 Å². The summed E-state index contributed by atoms with van der Waals surface area (Å²) < 4.78 is 0. The van der Waals surface area contributed by atoms with E-state index in [1.165, 1.54) is 37.0 Å². The molecule has 0 bridgehead atoms. The van der Waals surface area contributed by atoms with Crippen LogP contribution in [0.1, 0.15) is 55.6 Å². The number of anilines is 2. The summed E-state index contributed by atoms with van der Waals surface area (Å²) in [7, 11) is 0. The van der Waals surface area contributed by atoms with E-state index in [0.717, 1.165) is 24.6 Å². The van der Waals surface area contributed by atoms with Gasteiger partial charge in [-0.15, -0.1) is 0 Å². The quantitative estimate of drug-likeness (QED) is 0.754. The van der Waals surface area contributed by atoms with E-state index in [0.29, 0.717) is 10.7 Å². The number of carbonyl (C=O) groups is 1. The van der Waals surface area contributed by atoms with E-state index in [-0.39, 0.29) is 11.3 Å². The van der Waals surface area contributed by atoms with Crippen molar-refractivity contribution in [3.63, 3.8) is 0 Å². The van der Waals surface area contributed by atoms with E-state index in [1.807, 2.05) is 0 Å². The minimum absolute atomic E-state index is 0.0994. The maximum Gasteiger partial charge on any atom is 0.265 e. The normalized spacial score (nSPS) is 17.1. The summed E-state index contributed by atoms with van der Waals surface area (Å²) in [4.78, 5) is 16.9. The first-order valence-corrected chi connectivity index (χ1v) is 8.14. The Kier molecular flexibility index (Phi) is 4.86. The molecule has 1 fully saturated rings. The summed E-state index contributed by atoms with van der Waals surface area (Å²) in [6.45, 7) is 5.89. The molecule has 1 heterocycles. The molecule has 0 spiro atoms. The Bertz CT molecular complexity index is 466. The second-order valence-corrected chi connectivity index (χ2v) is 6.86. The lowest BCUT2D eigenvalue weighted by atomic mass is 9.89. The molecule has 5 nitrogen and oxygen atoms in total. The number of thiazole rings is 1. The van der Waals surface area contributed by atoms with Crippen LogP contribution < -0.4 is 16.4 Å². The third-order valence-electron chi connectivity index (χ3n) is 3.87. The first kappa shape index (κ1) is 15.1. The molecule has 0 aliphatic heterocycles. The Morgan fingerprint density at radius 2 is 2.15 bits per heavy atom. The number of nitrogens with zero attached hydrogens (tertiary/aromatic N) is 1. The summed E-state index contributed by atoms with van der Waals surface area (Å²) in [5, 5.41) is 6.90. The molecule has 2 rings (SSSR count). The van der Waals surface area contributed by atoms with Crippen molar-refractivity contribution in [2.75, 3.05) is 24.1 Å². The highest BCUT2D eigenvalue weighted by atomic mass is 32.1. The van der Waals surface area contributed by atoms with Crippen LogP contribution in [0.3, 0.4) is 0 Å². The van der Waals surface area contributed by atoms with Gasteiger partial charge in [0.2, 0.25) is 0 Å². The molecule has 0 saturated heterocycles. The zero-order valence-corrected chi connectivity index (χ0v) is 13.1. The number of rotatable bonds is 6. The molecule has 112 valence electrons. The number of nitrogens with two attached hydrogens (primary N) is 1. The number of aromatic nitrogens is 1. The van der Waals surface area contributed by atoms with E-state index >= 15 is 0 Å². The van der Waals surface area contributed by atoms with Crippen LogP contribution in [-0.2, 0) is 0 Å². The number of nitrogens with one attached hydrogen (secondary N) is 2. The molecule has 1 aliphatic carbocycles. The average molecular weight is 296 g/mol. The fraction of sp³-hybridized carbons (Fsp3) is 0.714. The smallest absolute Gasteiger partial charge is 0.265 e. The minimum Gasteiger partial charge on any atom is -0.382 e. The van der Waals surface area contributed by atoms with Gasteiger partial charge in [-0.2, -0.15) is 0 Å². The SMILES string of the molecule is CCCNc1nc(N)c(C(=O)NCC2(C)CCCC2)s1. The lowest BCUT2D eigenvalue weighted by Crippen LogP contribution is -2.34. The van der Waals surface area contributed by atoms with Crippen molar-refractivity contribution in [3.8, 4) is 0 Å². The van der Waals surface area contributed by atoms with Gasteiger partial charge >= 0.3 is 0 Å². The molecule has 20 heavy (non-hydrogen) atoms. The molecule has 0 radical (unpaired) electrons. The summed E-state index contributed by atoms with van der Waals surface area (Å²) in [6, 6.07) is 0. The molecule has 0 aromatic carbocycles. The highest BCUT2D eigenvalue weighted by Gasteiger charge is 2.29. The van der Waals surface area contributed by atoms with Crippen molar-refractivity contribution >= 4 is 28.2 Å². The van der Waals surface area contributed by atoms with Gasteiger partial charge in [0.05, 0.1) is 0 Å². The van der Waals surface area contributed by atoms with Gasteiger partial charge in [0.25, 0.3) is 5.91 Å². The van der Waals surface area contributed by atoms with Gasteiger partial charge < -0.3 is 16.4 Å². The maximum absolute atomic E-state index is 12.2. The van der Waals surface area contributed by atoms with Crippen molar-refractivity contribution in [1.82, 2.24) is 10.3 Å². The molecule has 0 atom stereocenters. The van der Waals surface area contributed by atoms with Crippen LogP contribution in [0.25, 0.3) is 0 Å². The Hall–Kier alpha value is -1.30.